The SMILES string of the molecule is CC[C@@H](C(=O)Nc1ccc(OC)cc1)N(Cc1ccccc1F)C(=O)CN1C(=O)C(=O)c2ccccc21. The number of hydrogen-bond acceptors (Lipinski definition) is 5. The maximum atomic E-state index is 14.6. The Morgan fingerprint density at radius 2 is 1.68 bits per heavy atom. The molecular weight excluding hydrogens is 477 g/mol. The Morgan fingerprint density at radius 3 is 2.35 bits per heavy atom. The average Bonchev–Trinajstić information content (AvgIpc) is 3.15. The first-order chi connectivity index (χ1) is 17.8. The second-order valence-electron chi connectivity index (χ2n) is 8.49. The number of nitrogens with one attached hydrogen (secondary N) is 1. The standard InChI is InChI=1S/C28H26FN3O5/c1-3-23(27(35)30-19-12-14-20(37-2)15-13-19)31(16-18-8-4-6-10-22(18)29)25(33)17-32-24-11-7-5-9-21(24)26(34)28(32)36/h4-15,23H,3,16-17H2,1-2H3,(H,30,35)/t23-/m0/s1. The van der Waals surface area contributed by atoms with Crippen LogP contribution in [0.3, 0.4) is 0 Å². The molecule has 37 heavy (non-hydrogen) atoms. The van der Waals surface area contributed by atoms with Gasteiger partial charge in [-0.15, -0.1) is 0 Å². The van der Waals surface area contributed by atoms with Crippen molar-refractivity contribution in [1.82, 2.24) is 4.90 Å². The molecular formula is C28H26FN3O5. The molecule has 0 aliphatic carbocycles. The molecule has 8 nitrogen and oxygen atoms in total. The highest BCUT2D eigenvalue weighted by molar-refractivity contribution is 6.52. The molecule has 1 N–H and O–H groups in total. The van der Waals surface area contributed by atoms with Crippen LogP contribution in [0, 0.1) is 5.82 Å². The fourth-order valence-corrected chi connectivity index (χ4v) is 4.26. The monoisotopic (exact) mass is 503 g/mol. The van der Waals surface area contributed by atoms with Gasteiger partial charge >= 0.3 is 0 Å². The molecule has 0 radical (unpaired) electrons. The highest BCUT2D eigenvalue weighted by Crippen LogP contribution is 2.29. The van der Waals surface area contributed by atoms with E-state index in [-0.39, 0.29) is 24.1 Å². The van der Waals surface area contributed by atoms with E-state index in [9.17, 15) is 23.6 Å². The number of nitrogens with zero attached hydrogens (tertiary/aromatic N) is 2. The Balaban J connectivity index is 1.62. The molecule has 0 spiro atoms. The van der Waals surface area contributed by atoms with Crippen molar-refractivity contribution >= 4 is 34.9 Å². The lowest BCUT2D eigenvalue weighted by Gasteiger charge is -2.32. The van der Waals surface area contributed by atoms with Crippen LogP contribution < -0.4 is 15.0 Å². The lowest BCUT2D eigenvalue weighted by atomic mass is 10.1. The molecule has 1 heterocycles. The molecule has 0 saturated carbocycles. The summed E-state index contributed by atoms with van der Waals surface area (Å²) in [5.41, 5.74) is 1.25. The van der Waals surface area contributed by atoms with E-state index in [4.69, 9.17) is 4.74 Å². The molecule has 9 heteroatoms. The van der Waals surface area contributed by atoms with Gasteiger partial charge in [-0.2, -0.15) is 0 Å². The van der Waals surface area contributed by atoms with Crippen molar-refractivity contribution in [2.45, 2.75) is 25.9 Å². The molecule has 190 valence electrons. The third-order valence-electron chi connectivity index (χ3n) is 6.21. The summed E-state index contributed by atoms with van der Waals surface area (Å²) < 4.78 is 19.7. The van der Waals surface area contributed by atoms with Gasteiger partial charge in [-0.05, 0) is 48.9 Å². The van der Waals surface area contributed by atoms with E-state index in [1.54, 1.807) is 55.5 Å². The lowest BCUT2D eigenvalue weighted by molar-refractivity contribution is -0.138. The fraction of sp³-hybridized carbons (Fsp3) is 0.214. The lowest BCUT2D eigenvalue weighted by Crippen LogP contribution is -2.50. The van der Waals surface area contributed by atoms with E-state index in [2.05, 4.69) is 5.32 Å². The van der Waals surface area contributed by atoms with E-state index in [0.29, 0.717) is 17.1 Å². The van der Waals surface area contributed by atoms with Gasteiger partial charge in [-0.25, -0.2) is 4.39 Å². The van der Waals surface area contributed by atoms with Crippen LogP contribution in [-0.2, 0) is 20.9 Å². The molecule has 0 saturated heterocycles. The fourth-order valence-electron chi connectivity index (χ4n) is 4.26. The number of methoxy groups -OCH3 is 1. The van der Waals surface area contributed by atoms with Gasteiger partial charge in [0.05, 0.1) is 18.4 Å². The van der Waals surface area contributed by atoms with Crippen molar-refractivity contribution in [1.29, 1.82) is 0 Å². The van der Waals surface area contributed by atoms with E-state index in [1.165, 1.54) is 36.3 Å². The minimum absolute atomic E-state index is 0.197. The second-order valence-corrected chi connectivity index (χ2v) is 8.49. The molecule has 0 aromatic heterocycles. The molecule has 0 unspecified atom stereocenters. The molecule has 1 atom stereocenters. The number of amides is 3. The first kappa shape index (κ1) is 25.6. The van der Waals surface area contributed by atoms with Crippen molar-refractivity contribution in [3.63, 3.8) is 0 Å². The van der Waals surface area contributed by atoms with Crippen molar-refractivity contribution in [3.8, 4) is 5.75 Å². The minimum Gasteiger partial charge on any atom is -0.497 e. The smallest absolute Gasteiger partial charge is 0.299 e. The summed E-state index contributed by atoms with van der Waals surface area (Å²) in [7, 11) is 1.53. The van der Waals surface area contributed by atoms with Crippen molar-refractivity contribution in [2.24, 2.45) is 0 Å². The summed E-state index contributed by atoms with van der Waals surface area (Å²) in [6, 6.07) is 18.1. The molecule has 0 bridgehead atoms. The quantitative estimate of drug-likeness (QED) is 0.448. The van der Waals surface area contributed by atoms with Gasteiger partial charge in [0.2, 0.25) is 11.8 Å². The van der Waals surface area contributed by atoms with Gasteiger partial charge in [0.15, 0.2) is 0 Å². The Morgan fingerprint density at radius 1 is 1.00 bits per heavy atom. The number of benzene rings is 3. The number of anilines is 2. The first-order valence-corrected chi connectivity index (χ1v) is 11.8. The average molecular weight is 504 g/mol. The van der Waals surface area contributed by atoms with E-state index < -0.39 is 41.9 Å². The summed E-state index contributed by atoms with van der Waals surface area (Å²) in [6.07, 6.45) is 0.228. The number of ketones is 1. The van der Waals surface area contributed by atoms with Gasteiger partial charge in [0.25, 0.3) is 11.7 Å². The third kappa shape index (κ3) is 5.35. The van der Waals surface area contributed by atoms with Gasteiger partial charge in [-0.3, -0.25) is 24.1 Å². The van der Waals surface area contributed by atoms with Crippen LogP contribution in [0.5, 0.6) is 5.75 Å². The minimum atomic E-state index is -0.974. The zero-order chi connectivity index (χ0) is 26.5. The number of para-hydroxylation sites is 1. The number of carbonyl (C=O) groups excluding carboxylic acids is 4. The van der Waals surface area contributed by atoms with E-state index in [0.717, 1.165) is 4.90 Å². The van der Waals surface area contributed by atoms with E-state index >= 15 is 0 Å². The number of halogens is 1. The van der Waals surface area contributed by atoms with Gasteiger partial charge < -0.3 is 15.0 Å². The topological polar surface area (TPSA) is 96.0 Å². The molecule has 1 aliphatic rings. The predicted molar refractivity (Wildman–Crippen MR) is 136 cm³/mol. The number of carbonyl (C=O) groups is 4. The largest absolute Gasteiger partial charge is 0.497 e. The van der Waals surface area contributed by atoms with Crippen molar-refractivity contribution in [3.05, 3.63) is 89.7 Å². The number of ether oxygens (including phenoxy) is 1. The maximum Gasteiger partial charge on any atom is 0.299 e. The molecule has 3 aromatic rings. The van der Waals surface area contributed by atoms with Crippen LogP contribution in [0.1, 0.15) is 29.3 Å². The van der Waals surface area contributed by atoms with Crippen LogP contribution in [0.25, 0.3) is 0 Å². The Labute approximate surface area is 213 Å². The highest BCUT2D eigenvalue weighted by Gasteiger charge is 2.38. The molecule has 3 aromatic carbocycles. The zero-order valence-electron chi connectivity index (χ0n) is 20.4. The summed E-state index contributed by atoms with van der Waals surface area (Å²) in [5.74, 6) is -2.50. The van der Waals surface area contributed by atoms with Crippen molar-refractivity contribution < 1.29 is 28.3 Å². The molecule has 0 fully saturated rings. The molecule has 4 rings (SSSR count). The van der Waals surface area contributed by atoms with Crippen LogP contribution >= 0.6 is 0 Å². The second kappa shape index (κ2) is 11.0. The number of fused-ring (bicyclic) bond motifs is 1. The Kier molecular flexibility index (Phi) is 7.62. The highest BCUT2D eigenvalue weighted by atomic mass is 19.1. The van der Waals surface area contributed by atoms with Gasteiger partial charge in [-0.1, -0.05) is 37.3 Å². The predicted octanol–water partition coefficient (Wildman–Crippen LogP) is 3.81. The summed E-state index contributed by atoms with van der Waals surface area (Å²) in [5, 5.41) is 2.79. The van der Waals surface area contributed by atoms with Gasteiger partial charge in [0.1, 0.15) is 24.2 Å². The van der Waals surface area contributed by atoms with Crippen LogP contribution in [0.15, 0.2) is 72.8 Å². The first-order valence-electron chi connectivity index (χ1n) is 11.8. The van der Waals surface area contributed by atoms with E-state index in [1.807, 2.05) is 0 Å². The normalized spacial score (nSPS) is 13.2. The summed E-state index contributed by atoms with van der Waals surface area (Å²) >= 11 is 0. The van der Waals surface area contributed by atoms with Crippen molar-refractivity contribution in [2.75, 3.05) is 23.9 Å². The van der Waals surface area contributed by atoms with Crippen LogP contribution in [0.4, 0.5) is 15.8 Å². The Hall–Kier alpha value is -4.53. The maximum absolute atomic E-state index is 14.6. The van der Waals surface area contributed by atoms with Crippen LogP contribution in [-0.4, -0.2) is 48.1 Å². The number of hydrogen-bond donors (Lipinski definition) is 1. The Bertz CT molecular complexity index is 1340. The third-order valence-corrected chi connectivity index (χ3v) is 6.21. The molecule has 3 amide bonds. The zero-order valence-corrected chi connectivity index (χ0v) is 20.4. The summed E-state index contributed by atoms with van der Waals surface area (Å²) in [6.45, 7) is 1.07. The number of Topliss-reactive ketones (excluding diaryl/α,β-unsaturated/α-hetero) is 1. The molecule has 1 aliphatic heterocycles. The van der Waals surface area contributed by atoms with Crippen LogP contribution in [0.2, 0.25) is 0 Å². The number of rotatable bonds is 9. The summed E-state index contributed by atoms with van der Waals surface area (Å²) in [4.78, 5) is 54.3. The van der Waals surface area contributed by atoms with Gasteiger partial charge in [0, 0.05) is 17.8 Å².